The van der Waals surface area contributed by atoms with E-state index in [-0.39, 0.29) is 17.1 Å². The van der Waals surface area contributed by atoms with Gasteiger partial charge in [-0.1, -0.05) is 6.07 Å². The van der Waals surface area contributed by atoms with Crippen LogP contribution in [0.1, 0.15) is 5.56 Å². The van der Waals surface area contributed by atoms with Gasteiger partial charge in [-0.2, -0.15) is 0 Å². The fourth-order valence-corrected chi connectivity index (χ4v) is 0.811. The van der Waals surface area contributed by atoms with Crippen molar-refractivity contribution in [3.05, 3.63) is 39.2 Å². The maximum Gasteiger partial charge on any atom is 1.00 e. The normalized spacial score (nSPS) is 7.56. The first kappa shape index (κ1) is 21.8. The maximum atomic E-state index is 8.25. The van der Waals surface area contributed by atoms with Crippen molar-refractivity contribution < 1.29 is 32.0 Å². The number of aromatic nitrogens is 1. The summed E-state index contributed by atoms with van der Waals surface area (Å²) < 4.78 is 4.85. The summed E-state index contributed by atoms with van der Waals surface area (Å²) in [4.78, 5) is 12.4. The predicted molar refractivity (Wildman–Crippen MR) is 63.0 cm³/mol. The van der Waals surface area contributed by atoms with Gasteiger partial charge < -0.3 is 30.5 Å². The molecule has 0 aliphatic carbocycles. The Hall–Kier alpha value is -1.41. The molecule has 0 saturated heterocycles. The number of aryl methyl sites for hydroxylation is 1. The topological polar surface area (TPSA) is 121 Å². The second-order valence-electron chi connectivity index (χ2n) is 2.50. The van der Waals surface area contributed by atoms with Gasteiger partial charge >= 0.3 is 17.1 Å². The summed E-state index contributed by atoms with van der Waals surface area (Å²) >= 11 is 0. The maximum absolute atomic E-state index is 8.25. The number of pyridine rings is 1. The minimum Gasteiger partial charge on any atom is -0.400 e. The smallest absolute Gasteiger partial charge is 0.400 e. The number of ether oxygens (including phenoxy) is 1. The van der Waals surface area contributed by atoms with Crippen molar-refractivity contribution in [2.24, 2.45) is 0 Å². The molecule has 1 aromatic heterocycles. The quantitative estimate of drug-likeness (QED) is 0.366. The number of hydrogen-bond donors (Lipinski definition) is 2. The summed E-state index contributed by atoms with van der Waals surface area (Å²) in [5.74, 6) is 0.884. The van der Waals surface area contributed by atoms with Gasteiger partial charge in [0.2, 0.25) is 0 Å². The van der Waals surface area contributed by atoms with E-state index in [9.17, 15) is 0 Å². The summed E-state index contributed by atoms with van der Waals surface area (Å²) in [5.41, 5.74) is 1.13. The Morgan fingerprint density at radius 2 is 2.00 bits per heavy atom. The van der Waals surface area contributed by atoms with Crippen LogP contribution in [-0.2, 0) is 21.8 Å². The standard InChI is InChI=1S/C8H12N2O.CH4O.Cu.NO3/c1-7-4-3-5-9-8(7)10-6-11-2;1-2;;2-1(3)4/h3-5H,6H2,1-2H3,(H,9,10);2H,1H3;;/q;;+1;-1. The van der Waals surface area contributed by atoms with E-state index in [0.29, 0.717) is 6.73 Å². The van der Waals surface area contributed by atoms with Gasteiger partial charge in [0.1, 0.15) is 12.5 Å². The number of methoxy groups -OCH3 is 1. The SMILES string of the molecule is CO.COCNc1ncccc1C.O=[N+]([O-])[O-].[Cu+]. The van der Waals surface area contributed by atoms with Crippen LogP contribution in [0.3, 0.4) is 0 Å². The minimum atomic E-state index is -1.75. The largest absolute Gasteiger partial charge is 1.00 e. The van der Waals surface area contributed by atoms with E-state index >= 15 is 0 Å². The van der Waals surface area contributed by atoms with E-state index in [1.165, 1.54) is 0 Å². The molecule has 0 aliphatic rings. The summed E-state index contributed by atoms with van der Waals surface area (Å²) in [6.45, 7) is 2.50. The first-order chi connectivity index (χ1) is 8.07. The fraction of sp³-hybridized carbons (Fsp3) is 0.444. The molecule has 1 aromatic rings. The van der Waals surface area contributed by atoms with E-state index in [0.717, 1.165) is 18.5 Å². The molecular weight excluding hydrogens is 294 g/mol. The number of rotatable bonds is 3. The second-order valence-corrected chi connectivity index (χ2v) is 2.50. The van der Waals surface area contributed by atoms with Gasteiger partial charge in [-0.25, -0.2) is 4.98 Å². The zero-order valence-electron chi connectivity index (χ0n) is 10.2. The third kappa shape index (κ3) is 14.6. The zero-order chi connectivity index (χ0) is 13.7. The number of anilines is 1. The molecular formula is C9H16CuN3O5. The molecule has 2 N–H and O–H groups in total. The average molecular weight is 310 g/mol. The summed E-state index contributed by atoms with van der Waals surface area (Å²) in [6.07, 6.45) is 1.75. The molecule has 0 spiro atoms. The van der Waals surface area contributed by atoms with Crippen LogP contribution in [0.25, 0.3) is 0 Å². The van der Waals surface area contributed by atoms with Gasteiger partial charge in [-0.15, -0.1) is 0 Å². The predicted octanol–water partition coefficient (Wildman–Crippen LogP) is 0.773. The van der Waals surface area contributed by atoms with E-state index < -0.39 is 5.09 Å². The Kier molecular flexibility index (Phi) is 18.9. The van der Waals surface area contributed by atoms with Crippen LogP contribution in [0.2, 0.25) is 0 Å². The molecule has 0 amide bonds. The molecule has 0 bridgehead atoms. The van der Waals surface area contributed by atoms with Gasteiger partial charge in [0.25, 0.3) is 0 Å². The van der Waals surface area contributed by atoms with Crippen LogP contribution in [0.5, 0.6) is 0 Å². The molecule has 0 aromatic carbocycles. The molecule has 8 nitrogen and oxygen atoms in total. The third-order valence-corrected chi connectivity index (χ3v) is 1.39. The molecule has 0 radical (unpaired) electrons. The Bertz CT molecular complexity index is 310. The van der Waals surface area contributed by atoms with Gasteiger partial charge in [-0.3, -0.25) is 0 Å². The Balaban J connectivity index is -0.000000277. The van der Waals surface area contributed by atoms with Crippen LogP contribution in [0.4, 0.5) is 5.82 Å². The molecule has 1 rings (SSSR count). The van der Waals surface area contributed by atoms with Crippen LogP contribution < -0.4 is 5.32 Å². The molecule has 1 heterocycles. The number of nitrogens with one attached hydrogen (secondary N) is 1. The summed E-state index contributed by atoms with van der Waals surface area (Å²) in [5, 5.41) is 24.8. The molecule has 108 valence electrons. The van der Waals surface area contributed by atoms with Gasteiger partial charge in [-0.05, 0) is 18.6 Å². The van der Waals surface area contributed by atoms with Crippen molar-refractivity contribution in [1.29, 1.82) is 0 Å². The Morgan fingerprint density at radius 1 is 1.50 bits per heavy atom. The van der Waals surface area contributed by atoms with E-state index in [4.69, 9.17) is 25.2 Å². The Labute approximate surface area is 116 Å². The van der Waals surface area contributed by atoms with Crippen molar-refractivity contribution in [1.82, 2.24) is 4.98 Å². The number of aliphatic hydroxyl groups is 1. The van der Waals surface area contributed by atoms with Gasteiger partial charge in [0.05, 0.1) is 5.09 Å². The number of aliphatic hydroxyl groups excluding tert-OH is 1. The van der Waals surface area contributed by atoms with Gasteiger partial charge in [0, 0.05) is 20.4 Å². The average Bonchev–Trinajstić information content (AvgIpc) is 2.30. The first-order valence-corrected chi connectivity index (χ1v) is 4.48. The summed E-state index contributed by atoms with van der Waals surface area (Å²) in [7, 11) is 2.64. The second kappa shape index (κ2) is 15.6. The molecule has 0 atom stereocenters. The Morgan fingerprint density at radius 3 is 2.39 bits per heavy atom. The van der Waals surface area contributed by atoms with Crippen LogP contribution in [0.15, 0.2) is 18.3 Å². The van der Waals surface area contributed by atoms with Crippen molar-refractivity contribution in [3.8, 4) is 0 Å². The van der Waals surface area contributed by atoms with Crippen LogP contribution in [-0.4, -0.2) is 36.1 Å². The van der Waals surface area contributed by atoms with Gasteiger partial charge in [0.15, 0.2) is 0 Å². The zero-order valence-corrected chi connectivity index (χ0v) is 11.2. The number of hydrogen-bond acceptors (Lipinski definition) is 7. The molecule has 0 saturated carbocycles. The van der Waals surface area contributed by atoms with E-state index in [1.807, 2.05) is 19.1 Å². The molecule has 0 unspecified atom stereocenters. The third-order valence-electron chi connectivity index (χ3n) is 1.39. The van der Waals surface area contributed by atoms with Crippen LogP contribution in [0, 0.1) is 22.2 Å². The fourth-order valence-electron chi connectivity index (χ4n) is 0.811. The first-order valence-electron chi connectivity index (χ1n) is 4.48. The minimum absolute atomic E-state index is 0. The van der Waals surface area contributed by atoms with Crippen molar-refractivity contribution >= 4 is 5.82 Å². The molecule has 18 heavy (non-hydrogen) atoms. The molecule has 9 heteroatoms. The summed E-state index contributed by atoms with van der Waals surface area (Å²) in [6, 6.07) is 3.91. The van der Waals surface area contributed by atoms with Crippen molar-refractivity contribution in [2.45, 2.75) is 6.92 Å². The van der Waals surface area contributed by atoms with Crippen molar-refractivity contribution in [2.75, 3.05) is 26.3 Å². The van der Waals surface area contributed by atoms with E-state index in [1.54, 1.807) is 13.3 Å². The van der Waals surface area contributed by atoms with E-state index in [2.05, 4.69) is 10.3 Å². The number of nitrogens with zero attached hydrogens (tertiary/aromatic N) is 2. The van der Waals surface area contributed by atoms with Crippen molar-refractivity contribution in [3.63, 3.8) is 0 Å². The van der Waals surface area contributed by atoms with Crippen LogP contribution >= 0.6 is 0 Å². The monoisotopic (exact) mass is 309 g/mol. The molecule has 0 aliphatic heterocycles. The molecule has 0 fully saturated rings.